The molecule has 3 aromatic rings. The zero-order valence-electron chi connectivity index (χ0n) is 17.4. The van der Waals surface area contributed by atoms with Crippen LogP contribution in [0, 0.1) is 5.82 Å². The molecule has 0 radical (unpaired) electrons. The summed E-state index contributed by atoms with van der Waals surface area (Å²) in [5, 5.41) is 2.43. The summed E-state index contributed by atoms with van der Waals surface area (Å²) < 4.78 is 82.9. The van der Waals surface area contributed by atoms with Crippen molar-refractivity contribution in [3.8, 4) is 16.9 Å². The average Bonchev–Trinajstić information content (AvgIpc) is 2.72. The van der Waals surface area contributed by atoms with Crippen molar-refractivity contribution in [3.05, 3.63) is 77.4 Å². The number of alkyl halides is 3. The standard InChI is InChI=1S/C22H18F4N2O4S/c1-32-19-5-3-4-17(23)20(19)16-6-7-27-11-18(16)28-21(29)14-8-13(12-33(2,30)31)9-15(10-14)22(24,25)26/h3-11H,12H2,1-2H3,(H,28,29). The minimum absolute atomic E-state index is 0.0213. The Kier molecular flexibility index (Phi) is 6.73. The first-order valence-corrected chi connectivity index (χ1v) is 11.4. The number of nitrogens with zero attached hydrogens (tertiary/aromatic N) is 1. The van der Waals surface area contributed by atoms with Crippen molar-refractivity contribution >= 4 is 21.4 Å². The van der Waals surface area contributed by atoms with Gasteiger partial charge in [0.25, 0.3) is 5.91 Å². The molecule has 0 unspecified atom stereocenters. The largest absolute Gasteiger partial charge is 0.496 e. The molecule has 1 N–H and O–H groups in total. The maximum atomic E-state index is 14.6. The Bertz CT molecular complexity index is 1310. The van der Waals surface area contributed by atoms with Gasteiger partial charge in [-0.1, -0.05) is 6.07 Å². The predicted molar refractivity (Wildman–Crippen MR) is 114 cm³/mol. The molecular weight excluding hydrogens is 464 g/mol. The highest BCUT2D eigenvalue weighted by Gasteiger charge is 2.32. The Morgan fingerprint density at radius 1 is 1.15 bits per heavy atom. The van der Waals surface area contributed by atoms with Gasteiger partial charge in [-0.3, -0.25) is 9.78 Å². The second kappa shape index (κ2) is 9.18. The number of ether oxygens (including phenoxy) is 1. The van der Waals surface area contributed by atoms with E-state index in [0.29, 0.717) is 12.1 Å². The molecule has 0 saturated heterocycles. The third-order valence-electron chi connectivity index (χ3n) is 4.55. The summed E-state index contributed by atoms with van der Waals surface area (Å²) in [7, 11) is -2.32. The molecule has 0 spiro atoms. The molecule has 11 heteroatoms. The van der Waals surface area contributed by atoms with Gasteiger partial charge in [-0.2, -0.15) is 13.2 Å². The van der Waals surface area contributed by atoms with Crippen molar-refractivity contribution in [3.63, 3.8) is 0 Å². The number of amides is 1. The average molecular weight is 482 g/mol. The molecule has 0 saturated carbocycles. The Balaban J connectivity index is 2.05. The SMILES string of the molecule is COc1cccc(F)c1-c1ccncc1NC(=O)c1cc(CS(C)(=O)=O)cc(C(F)(F)F)c1. The highest BCUT2D eigenvalue weighted by Crippen LogP contribution is 2.37. The Hall–Kier alpha value is -3.47. The van der Waals surface area contributed by atoms with Crippen LogP contribution in [0.4, 0.5) is 23.2 Å². The van der Waals surface area contributed by atoms with Gasteiger partial charge in [0, 0.05) is 23.6 Å². The van der Waals surface area contributed by atoms with E-state index in [4.69, 9.17) is 4.74 Å². The molecule has 0 aliphatic carbocycles. The molecule has 1 heterocycles. The Labute approximate surface area is 187 Å². The van der Waals surface area contributed by atoms with Gasteiger partial charge in [0.1, 0.15) is 11.6 Å². The quantitative estimate of drug-likeness (QED) is 0.515. The van der Waals surface area contributed by atoms with Gasteiger partial charge in [-0.15, -0.1) is 0 Å². The van der Waals surface area contributed by atoms with E-state index in [2.05, 4.69) is 10.3 Å². The highest BCUT2D eigenvalue weighted by molar-refractivity contribution is 7.89. The first-order valence-electron chi connectivity index (χ1n) is 9.36. The van der Waals surface area contributed by atoms with E-state index in [1.165, 1.54) is 43.8 Å². The third kappa shape index (κ3) is 5.86. The lowest BCUT2D eigenvalue weighted by molar-refractivity contribution is -0.137. The molecule has 0 bridgehead atoms. The number of methoxy groups -OCH3 is 1. The number of hydrogen-bond acceptors (Lipinski definition) is 5. The van der Waals surface area contributed by atoms with E-state index in [1.807, 2.05) is 0 Å². The van der Waals surface area contributed by atoms with Crippen LogP contribution in [-0.2, 0) is 21.8 Å². The minimum atomic E-state index is -4.80. The van der Waals surface area contributed by atoms with Crippen molar-refractivity contribution in [2.45, 2.75) is 11.9 Å². The number of carbonyl (C=O) groups excluding carboxylic acids is 1. The van der Waals surface area contributed by atoms with Gasteiger partial charge in [-0.05, 0) is 42.0 Å². The molecule has 0 aliphatic rings. The van der Waals surface area contributed by atoms with E-state index in [1.54, 1.807) is 0 Å². The van der Waals surface area contributed by atoms with Crippen LogP contribution in [0.5, 0.6) is 5.75 Å². The lowest BCUT2D eigenvalue weighted by Crippen LogP contribution is -2.16. The van der Waals surface area contributed by atoms with E-state index in [9.17, 15) is 30.8 Å². The maximum absolute atomic E-state index is 14.6. The Morgan fingerprint density at radius 2 is 1.88 bits per heavy atom. The van der Waals surface area contributed by atoms with Crippen LogP contribution in [0.1, 0.15) is 21.5 Å². The van der Waals surface area contributed by atoms with Crippen molar-refractivity contribution < 1.29 is 35.5 Å². The van der Waals surface area contributed by atoms with Gasteiger partial charge in [0.15, 0.2) is 9.84 Å². The Morgan fingerprint density at radius 3 is 2.52 bits per heavy atom. The summed E-state index contributed by atoms with van der Waals surface area (Å²) in [6.07, 6.45) is -1.37. The molecule has 0 atom stereocenters. The van der Waals surface area contributed by atoms with Gasteiger partial charge < -0.3 is 10.1 Å². The molecule has 33 heavy (non-hydrogen) atoms. The van der Waals surface area contributed by atoms with E-state index in [0.717, 1.165) is 12.3 Å². The molecule has 0 aliphatic heterocycles. The van der Waals surface area contributed by atoms with Crippen LogP contribution in [0.2, 0.25) is 0 Å². The number of hydrogen-bond donors (Lipinski definition) is 1. The van der Waals surface area contributed by atoms with Crippen molar-refractivity contribution in [2.75, 3.05) is 18.7 Å². The molecular formula is C22H18F4N2O4S. The van der Waals surface area contributed by atoms with E-state index in [-0.39, 0.29) is 28.1 Å². The molecule has 174 valence electrons. The van der Waals surface area contributed by atoms with Crippen LogP contribution < -0.4 is 10.1 Å². The monoisotopic (exact) mass is 482 g/mol. The zero-order valence-corrected chi connectivity index (χ0v) is 18.2. The van der Waals surface area contributed by atoms with Crippen molar-refractivity contribution in [1.82, 2.24) is 4.98 Å². The van der Waals surface area contributed by atoms with Crippen LogP contribution >= 0.6 is 0 Å². The second-order valence-corrected chi connectivity index (χ2v) is 9.32. The summed E-state index contributed by atoms with van der Waals surface area (Å²) in [6.45, 7) is 0. The number of rotatable bonds is 6. The zero-order chi connectivity index (χ0) is 24.4. The minimum Gasteiger partial charge on any atom is -0.496 e. The number of sulfone groups is 1. The maximum Gasteiger partial charge on any atom is 0.416 e. The fraction of sp³-hybridized carbons (Fsp3) is 0.182. The topological polar surface area (TPSA) is 85.4 Å². The summed E-state index contributed by atoms with van der Waals surface area (Å²) in [6, 6.07) is 7.90. The number of halogens is 4. The number of anilines is 1. The summed E-state index contributed by atoms with van der Waals surface area (Å²) >= 11 is 0. The van der Waals surface area contributed by atoms with Crippen molar-refractivity contribution in [1.29, 1.82) is 0 Å². The van der Waals surface area contributed by atoms with Crippen LogP contribution in [0.15, 0.2) is 54.9 Å². The number of nitrogens with one attached hydrogen (secondary N) is 1. The first-order chi connectivity index (χ1) is 15.4. The van der Waals surface area contributed by atoms with Gasteiger partial charge >= 0.3 is 6.18 Å². The highest BCUT2D eigenvalue weighted by atomic mass is 32.2. The fourth-order valence-electron chi connectivity index (χ4n) is 3.22. The fourth-order valence-corrected chi connectivity index (χ4v) is 3.99. The van der Waals surface area contributed by atoms with Gasteiger partial charge in [-0.25, -0.2) is 12.8 Å². The molecule has 2 aromatic carbocycles. The summed E-state index contributed by atoms with van der Waals surface area (Å²) in [5.41, 5.74) is -1.54. The number of benzene rings is 2. The smallest absolute Gasteiger partial charge is 0.416 e. The lowest BCUT2D eigenvalue weighted by atomic mass is 10.0. The molecule has 1 aromatic heterocycles. The normalized spacial score (nSPS) is 11.8. The molecule has 3 rings (SSSR count). The summed E-state index contributed by atoms with van der Waals surface area (Å²) in [4.78, 5) is 16.7. The van der Waals surface area contributed by atoms with Crippen molar-refractivity contribution in [2.24, 2.45) is 0 Å². The van der Waals surface area contributed by atoms with E-state index >= 15 is 0 Å². The van der Waals surface area contributed by atoms with E-state index < -0.39 is 44.6 Å². The molecule has 1 amide bonds. The van der Waals surface area contributed by atoms with Gasteiger partial charge in [0.05, 0.1) is 35.9 Å². The van der Waals surface area contributed by atoms with Gasteiger partial charge in [0.2, 0.25) is 0 Å². The number of carbonyl (C=O) groups is 1. The first kappa shape index (κ1) is 24.2. The van der Waals surface area contributed by atoms with Crippen LogP contribution in [0.25, 0.3) is 11.1 Å². The predicted octanol–water partition coefficient (Wildman–Crippen LogP) is 4.71. The number of pyridine rings is 1. The second-order valence-electron chi connectivity index (χ2n) is 7.18. The molecule has 0 fully saturated rings. The lowest BCUT2D eigenvalue weighted by Gasteiger charge is -2.15. The third-order valence-corrected chi connectivity index (χ3v) is 5.40. The summed E-state index contributed by atoms with van der Waals surface area (Å²) in [5.74, 6) is -2.11. The molecule has 6 nitrogen and oxygen atoms in total. The van der Waals surface area contributed by atoms with Crippen LogP contribution in [-0.4, -0.2) is 32.7 Å². The number of aromatic nitrogens is 1. The van der Waals surface area contributed by atoms with Crippen LogP contribution in [0.3, 0.4) is 0 Å².